The van der Waals surface area contributed by atoms with Crippen molar-refractivity contribution in [3.05, 3.63) is 90.4 Å². The van der Waals surface area contributed by atoms with Crippen LogP contribution in [0.3, 0.4) is 0 Å². The van der Waals surface area contributed by atoms with Gasteiger partial charge in [0.1, 0.15) is 17.1 Å². The number of aromatic nitrogens is 1. The van der Waals surface area contributed by atoms with Crippen LogP contribution in [0.15, 0.2) is 83.4 Å². The molecule has 186 valence electrons. The molecule has 8 heteroatoms. The van der Waals surface area contributed by atoms with Gasteiger partial charge in [0.25, 0.3) is 5.91 Å². The Morgan fingerprint density at radius 2 is 1.59 bits per heavy atom. The minimum atomic E-state index is -0.369. The maximum absolute atomic E-state index is 13.2. The van der Waals surface area contributed by atoms with Crippen LogP contribution in [0.4, 0.5) is 10.1 Å². The molecule has 3 aromatic carbocycles. The second-order valence-corrected chi connectivity index (χ2v) is 8.14. The average molecular weight is 499 g/mol. The third-order valence-electron chi connectivity index (χ3n) is 5.90. The maximum Gasteiger partial charge on any atom is 0.255 e. The number of hydrogen-bond acceptors (Lipinski definition) is 6. The molecule has 0 saturated heterocycles. The topological polar surface area (TPSA) is 82.8 Å². The van der Waals surface area contributed by atoms with E-state index >= 15 is 0 Å². The fourth-order valence-corrected chi connectivity index (χ4v) is 4.10. The van der Waals surface area contributed by atoms with E-state index < -0.39 is 0 Å². The molecule has 1 N–H and O–H groups in total. The van der Waals surface area contributed by atoms with E-state index in [1.54, 1.807) is 57.9 Å². The van der Waals surface area contributed by atoms with Crippen molar-refractivity contribution >= 4 is 22.7 Å². The van der Waals surface area contributed by atoms with Gasteiger partial charge in [-0.05, 0) is 60.2 Å². The first-order valence-electron chi connectivity index (χ1n) is 11.4. The van der Waals surface area contributed by atoms with Crippen LogP contribution in [0.5, 0.6) is 17.2 Å². The van der Waals surface area contributed by atoms with Gasteiger partial charge in [0, 0.05) is 34.6 Å². The number of benzene rings is 3. The summed E-state index contributed by atoms with van der Waals surface area (Å²) in [5.74, 6) is 1.39. The van der Waals surface area contributed by atoms with Gasteiger partial charge >= 0.3 is 0 Å². The Balaban J connectivity index is 1.52. The highest BCUT2D eigenvalue weighted by Crippen LogP contribution is 2.42. The SMILES string of the molecule is COc1cc(-c2cc3nccc(-c4cccc(C(=O)Nc5ccc(F)cc5)c4)c3o2)cc(OC)c1OC. The third-order valence-corrected chi connectivity index (χ3v) is 5.90. The normalized spacial score (nSPS) is 10.8. The van der Waals surface area contributed by atoms with Crippen LogP contribution in [0.25, 0.3) is 33.6 Å². The number of amides is 1. The molecule has 1 amide bonds. The molecule has 2 heterocycles. The number of hydrogen-bond donors (Lipinski definition) is 1. The van der Waals surface area contributed by atoms with Gasteiger partial charge < -0.3 is 23.9 Å². The summed E-state index contributed by atoms with van der Waals surface area (Å²) in [5, 5.41) is 2.78. The van der Waals surface area contributed by atoms with Crippen molar-refractivity contribution in [2.45, 2.75) is 0 Å². The highest BCUT2D eigenvalue weighted by Gasteiger charge is 2.18. The van der Waals surface area contributed by atoms with Gasteiger partial charge in [-0.15, -0.1) is 0 Å². The van der Waals surface area contributed by atoms with Crippen LogP contribution in [-0.2, 0) is 0 Å². The summed E-state index contributed by atoms with van der Waals surface area (Å²) >= 11 is 0. The fourth-order valence-electron chi connectivity index (χ4n) is 4.10. The summed E-state index contributed by atoms with van der Waals surface area (Å²) in [6.45, 7) is 0. The average Bonchev–Trinajstić information content (AvgIpc) is 3.38. The van der Waals surface area contributed by atoms with Crippen LogP contribution in [0.1, 0.15) is 10.4 Å². The van der Waals surface area contributed by atoms with Crippen molar-refractivity contribution in [3.8, 4) is 39.7 Å². The van der Waals surface area contributed by atoms with Gasteiger partial charge in [0.2, 0.25) is 5.75 Å². The molecule has 7 nitrogen and oxygen atoms in total. The number of furan rings is 1. The molecule has 5 rings (SSSR count). The number of nitrogens with one attached hydrogen (secondary N) is 1. The highest BCUT2D eigenvalue weighted by atomic mass is 19.1. The Morgan fingerprint density at radius 1 is 0.865 bits per heavy atom. The lowest BCUT2D eigenvalue weighted by Gasteiger charge is -2.13. The molecule has 0 aliphatic rings. The van der Waals surface area contributed by atoms with E-state index in [0.717, 1.165) is 16.7 Å². The van der Waals surface area contributed by atoms with E-state index in [9.17, 15) is 9.18 Å². The van der Waals surface area contributed by atoms with Gasteiger partial charge in [-0.1, -0.05) is 12.1 Å². The van der Waals surface area contributed by atoms with E-state index in [1.165, 1.54) is 24.3 Å². The van der Waals surface area contributed by atoms with Crippen LogP contribution < -0.4 is 19.5 Å². The van der Waals surface area contributed by atoms with E-state index in [4.69, 9.17) is 18.6 Å². The lowest BCUT2D eigenvalue weighted by molar-refractivity contribution is 0.102. The lowest BCUT2D eigenvalue weighted by Crippen LogP contribution is -2.11. The van der Waals surface area contributed by atoms with Crippen LogP contribution in [0, 0.1) is 5.82 Å². The van der Waals surface area contributed by atoms with Crippen molar-refractivity contribution in [2.24, 2.45) is 0 Å². The van der Waals surface area contributed by atoms with Crippen molar-refractivity contribution in [1.82, 2.24) is 4.98 Å². The van der Waals surface area contributed by atoms with Gasteiger partial charge in [0.15, 0.2) is 17.1 Å². The first-order chi connectivity index (χ1) is 18.0. The fraction of sp³-hybridized carbons (Fsp3) is 0.103. The molecule has 0 radical (unpaired) electrons. The molecule has 5 aromatic rings. The quantitative estimate of drug-likeness (QED) is 0.273. The minimum absolute atomic E-state index is 0.309. The lowest BCUT2D eigenvalue weighted by atomic mass is 10.0. The zero-order chi connectivity index (χ0) is 25.9. The van der Waals surface area contributed by atoms with E-state index in [-0.39, 0.29) is 11.7 Å². The van der Waals surface area contributed by atoms with Gasteiger partial charge in [-0.3, -0.25) is 9.78 Å². The second kappa shape index (κ2) is 10.0. The largest absolute Gasteiger partial charge is 0.493 e. The summed E-state index contributed by atoms with van der Waals surface area (Å²) in [5.41, 5.74) is 4.47. The van der Waals surface area contributed by atoms with Gasteiger partial charge in [0.05, 0.1) is 21.3 Å². The summed E-state index contributed by atoms with van der Waals surface area (Å²) in [6, 6.07) is 20.1. The molecule has 0 aliphatic carbocycles. The summed E-state index contributed by atoms with van der Waals surface area (Å²) in [7, 11) is 4.66. The Kier molecular flexibility index (Phi) is 6.47. The third kappa shape index (κ3) is 4.69. The van der Waals surface area contributed by atoms with Gasteiger partial charge in [-0.25, -0.2) is 4.39 Å². The Morgan fingerprint density at radius 3 is 2.27 bits per heavy atom. The number of fused-ring (bicyclic) bond motifs is 1. The number of carbonyl (C=O) groups excluding carboxylic acids is 1. The standard InChI is InChI=1S/C29H23FN2O5/c1-34-25-14-19(15-26(35-2)28(25)36-3)24-16-23-27(37-24)22(11-12-31-23)17-5-4-6-18(13-17)29(33)32-21-9-7-20(30)8-10-21/h4-16H,1-3H3,(H,32,33). The molecule has 0 fully saturated rings. The minimum Gasteiger partial charge on any atom is -0.493 e. The number of rotatable bonds is 7. The predicted octanol–water partition coefficient (Wildman–Crippen LogP) is 6.58. The molecular formula is C29H23FN2O5. The molecule has 0 unspecified atom stereocenters. The molecule has 0 spiro atoms. The number of methoxy groups -OCH3 is 3. The second-order valence-electron chi connectivity index (χ2n) is 8.14. The molecule has 0 atom stereocenters. The first-order valence-corrected chi connectivity index (χ1v) is 11.4. The Labute approximate surface area is 212 Å². The summed E-state index contributed by atoms with van der Waals surface area (Å²) in [4.78, 5) is 17.3. The van der Waals surface area contributed by atoms with Crippen LogP contribution in [-0.4, -0.2) is 32.2 Å². The number of ether oxygens (including phenoxy) is 3. The predicted molar refractivity (Wildman–Crippen MR) is 139 cm³/mol. The zero-order valence-electron chi connectivity index (χ0n) is 20.4. The monoisotopic (exact) mass is 498 g/mol. The van der Waals surface area contributed by atoms with Crippen molar-refractivity contribution < 1.29 is 27.8 Å². The first kappa shape index (κ1) is 23.9. The van der Waals surface area contributed by atoms with Crippen molar-refractivity contribution in [3.63, 3.8) is 0 Å². The molecule has 37 heavy (non-hydrogen) atoms. The Bertz CT molecular complexity index is 1570. The van der Waals surface area contributed by atoms with E-state index in [2.05, 4.69) is 10.3 Å². The number of halogens is 1. The van der Waals surface area contributed by atoms with Crippen LogP contribution >= 0.6 is 0 Å². The molecule has 0 bridgehead atoms. The number of carbonyl (C=O) groups is 1. The smallest absolute Gasteiger partial charge is 0.255 e. The van der Waals surface area contributed by atoms with E-state index in [0.29, 0.717) is 45.4 Å². The maximum atomic E-state index is 13.2. The number of nitrogens with zero attached hydrogens (tertiary/aromatic N) is 1. The van der Waals surface area contributed by atoms with Crippen LogP contribution in [0.2, 0.25) is 0 Å². The summed E-state index contributed by atoms with van der Waals surface area (Å²) < 4.78 is 35.8. The van der Waals surface area contributed by atoms with Crippen molar-refractivity contribution in [2.75, 3.05) is 26.6 Å². The Hall–Kier alpha value is -4.85. The van der Waals surface area contributed by atoms with Gasteiger partial charge in [-0.2, -0.15) is 0 Å². The molecular weight excluding hydrogens is 475 g/mol. The highest BCUT2D eigenvalue weighted by molar-refractivity contribution is 6.05. The molecule has 0 saturated carbocycles. The summed E-state index contributed by atoms with van der Waals surface area (Å²) in [6.07, 6.45) is 1.69. The number of anilines is 1. The number of pyridine rings is 1. The zero-order valence-corrected chi connectivity index (χ0v) is 20.4. The molecule has 2 aromatic heterocycles. The van der Waals surface area contributed by atoms with E-state index in [1.807, 2.05) is 18.2 Å². The van der Waals surface area contributed by atoms with Crippen molar-refractivity contribution in [1.29, 1.82) is 0 Å². The molecule has 0 aliphatic heterocycles.